The number of rotatable bonds is 7. The van der Waals surface area contributed by atoms with Gasteiger partial charge in [-0.05, 0) is 76.5 Å². The number of aromatic nitrogens is 1. The molecule has 8 heteroatoms. The Morgan fingerprint density at radius 1 is 1.00 bits per heavy atom. The van der Waals surface area contributed by atoms with Crippen LogP contribution in [0.1, 0.15) is 16.7 Å². The maximum Gasteiger partial charge on any atom is 0.264 e. The monoisotopic (exact) mass is 624 g/mol. The number of hydrogen-bond acceptors (Lipinski definition) is 5. The fourth-order valence-corrected chi connectivity index (χ4v) is 6.23. The van der Waals surface area contributed by atoms with E-state index in [4.69, 9.17) is 0 Å². The predicted molar refractivity (Wildman–Crippen MR) is 159 cm³/mol. The second-order valence-electron chi connectivity index (χ2n) is 9.31. The molecule has 0 aliphatic carbocycles. The van der Waals surface area contributed by atoms with Crippen LogP contribution in [0.2, 0.25) is 0 Å². The van der Waals surface area contributed by atoms with E-state index in [9.17, 15) is 8.42 Å². The smallest absolute Gasteiger partial charge is 0.264 e. The molecule has 6 nitrogen and oxygen atoms in total. The molecule has 5 rings (SSSR count). The highest BCUT2D eigenvalue weighted by Gasteiger charge is 2.20. The molecular formula is C29H29IN4O2S. The number of benzene rings is 3. The quantitative estimate of drug-likeness (QED) is 0.266. The topological polar surface area (TPSA) is 65.5 Å². The summed E-state index contributed by atoms with van der Waals surface area (Å²) < 4.78 is 30.2. The van der Waals surface area contributed by atoms with Gasteiger partial charge in [-0.25, -0.2) is 8.42 Å². The van der Waals surface area contributed by atoms with E-state index in [0.29, 0.717) is 11.2 Å². The molecule has 1 aliphatic heterocycles. The minimum Gasteiger partial charge on any atom is -0.369 e. The van der Waals surface area contributed by atoms with E-state index in [1.165, 1.54) is 14.7 Å². The SMILES string of the molecule is C=C(c1ccc(NS(=O)(=O)c2cccc3cccnc23)cc1)N1CCN(Cc2ccc(I)c(C)c2)CC1. The van der Waals surface area contributed by atoms with Gasteiger partial charge < -0.3 is 4.90 Å². The number of aryl methyl sites for hydroxylation is 1. The van der Waals surface area contributed by atoms with Crippen molar-refractivity contribution >= 4 is 54.9 Å². The van der Waals surface area contributed by atoms with Gasteiger partial charge in [-0.3, -0.25) is 14.6 Å². The van der Waals surface area contributed by atoms with Gasteiger partial charge in [-0.15, -0.1) is 0 Å². The first-order chi connectivity index (χ1) is 17.8. The largest absolute Gasteiger partial charge is 0.369 e. The summed E-state index contributed by atoms with van der Waals surface area (Å²) in [7, 11) is -3.78. The highest BCUT2D eigenvalue weighted by Crippen LogP contribution is 2.26. The van der Waals surface area contributed by atoms with Gasteiger partial charge in [-0.1, -0.05) is 49.0 Å². The summed E-state index contributed by atoms with van der Waals surface area (Å²) >= 11 is 2.37. The summed E-state index contributed by atoms with van der Waals surface area (Å²) in [6.45, 7) is 11.2. The average Bonchev–Trinajstić information content (AvgIpc) is 2.91. The fourth-order valence-electron chi connectivity index (χ4n) is 4.66. The van der Waals surface area contributed by atoms with E-state index >= 15 is 0 Å². The Balaban J connectivity index is 1.21. The molecule has 0 atom stereocenters. The highest BCUT2D eigenvalue weighted by molar-refractivity contribution is 14.1. The minimum atomic E-state index is -3.78. The third-order valence-corrected chi connectivity index (χ3v) is 9.36. The van der Waals surface area contributed by atoms with Gasteiger partial charge in [0.15, 0.2) is 0 Å². The van der Waals surface area contributed by atoms with E-state index in [2.05, 4.69) is 73.8 Å². The van der Waals surface area contributed by atoms with Crippen molar-refractivity contribution in [2.45, 2.75) is 18.4 Å². The zero-order valence-electron chi connectivity index (χ0n) is 20.7. The van der Waals surface area contributed by atoms with Gasteiger partial charge in [0, 0.05) is 59.3 Å². The van der Waals surface area contributed by atoms with Crippen molar-refractivity contribution in [3.63, 3.8) is 0 Å². The van der Waals surface area contributed by atoms with Crippen LogP contribution in [0.5, 0.6) is 0 Å². The number of hydrogen-bond donors (Lipinski definition) is 1. The van der Waals surface area contributed by atoms with Crippen LogP contribution < -0.4 is 4.72 Å². The van der Waals surface area contributed by atoms with E-state index in [0.717, 1.165) is 49.4 Å². The average molecular weight is 625 g/mol. The summed E-state index contributed by atoms with van der Waals surface area (Å²) in [5.74, 6) is 0. The molecular weight excluding hydrogens is 595 g/mol. The number of anilines is 1. The van der Waals surface area contributed by atoms with Gasteiger partial charge in [0.1, 0.15) is 4.90 Å². The zero-order chi connectivity index (χ0) is 26.0. The van der Waals surface area contributed by atoms with E-state index in [-0.39, 0.29) is 4.90 Å². The van der Waals surface area contributed by atoms with Crippen LogP contribution in [0.4, 0.5) is 5.69 Å². The molecule has 0 saturated carbocycles. The van der Waals surface area contributed by atoms with Crippen LogP contribution >= 0.6 is 22.6 Å². The predicted octanol–water partition coefficient (Wildman–Crippen LogP) is 5.74. The summed E-state index contributed by atoms with van der Waals surface area (Å²) in [4.78, 5) is 9.22. The van der Waals surface area contributed by atoms with Crippen LogP contribution in [0.25, 0.3) is 16.6 Å². The van der Waals surface area contributed by atoms with Crippen LogP contribution in [0.15, 0.2) is 90.5 Å². The molecule has 1 aromatic heterocycles. The third-order valence-electron chi connectivity index (χ3n) is 6.74. The molecule has 0 radical (unpaired) electrons. The first kappa shape index (κ1) is 25.7. The minimum absolute atomic E-state index is 0.164. The van der Waals surface area contributed by atoms with Gasteiger partial charge in [0.25, 0.3) is 10.0 Å². The summed E-state index contributed by atoms with van der Waals surface area (Å²) in [5.41, 5.74) is 5.57. The molecule has 1 saturated heterocycles. The Bertz CT molecular complexity index is 1540. The Kier molecular flexibility index (Phi) is 7.50. The van der Waals surface area contributed by atoms with Crippen LogP contribution in [0, 0.1) is 10.5 Å². The lowest BCUT2D eigenvalue weighted by molar-refractivity contribution is 0.169. The Hall–Kier alpha value is -2.95. The first-order valence-corrected chi connectivity index (χ1v) is 14.7. The third kappa shape index (κ3) is 5.81. The molecule has 1 N–H and O–H groups in total. The van der Waals surface area contributed by atoms with E-state index in [1.54, 1.807) is 36.5 Å². The van der Waals surface area contributed by atoms with E-state index in [1.807, 2.05) is 24.3 Å². The lowest BCUT2D eigenvalue weighted by atomic mass is 10.1. The zero-order valence-corrected chi connectivity index (χ0v) is 23.7. The summed E-state index contributed by atoms with van der Waals surface area (Å²) in [5, 5.41) is 0.783. The molecule has 1 fully saturated rings. The fraction of sp³-hybridized carbons (Fsp3) is 0.207. The number of halogens is 1. The van der Waals surface area contributed by atoms with Crippen molar-refractivity contribution in [3.8, 4) is 0 Å². The molecule has 190 valence electrons. The normalized spacial score (nSPS) is 14.6. The number of piperazine rings is 1. The van der Waals surface area contributed by atoms with Crippen LogP contribution in [-0.2, 0) is 16.6 Å². The van der Waals surface area contributed by atoms with Gasteiger partial charge in [0.2, 0.25) is 0 Å². The Morgan fingerprint density at radius 2 is 1.73 bits per heavy atom. The van der Waals surface area contributed by atoms with Crippen molar-refractivity contribution in [1.82, 2.24) is 14.8 Å². The second kappa shape index (κ2) is 10.8. The maximum absolute atomic E-state index is 13.1. The van der Waals surface area contributed by atoms with Crippen molar-refractivity contribution < 1.29 is 8.42 Å². The number of nitrogens with zero attached hydrogens (tertiary/aromatic N) is 3. The summed E-state index contributed by atoms with van der Waals surface area (Å²) in [6.07, 6.45) is 1.60. The van der Waals surface area contributed by atoms with Crippen molar-refractivity contribution in [2.24, 2.45) is 0 Å². The number of para-hydroxylation sites is 1. The number of nitrogens with one attached hydrogen (secondary N) is 1. The lowest BCUT2D eigenvalue weighted by Gasteiger charge is -2.37. The molecule has 1 aliphatic rings. The molecule has 0 amide bonds. The van der Waals surface area contributed by atoms with Crippen molar-refractivity contribution in [1.29, 1.82) is 0 Å². The first-order valence-electron chi connectivity index (χ1n) is 12.2. The molecule has 3 aromatic carbocycles. The Morgan fingerprint density at radius 3 is 2.46 bits per heavy atom. The second-order valence-corrected chi connectivity index (χ2v) is 12.1. The highest BCUT2D eigenvalue weighted by atomic mass is 127. The van der Waals surface area contributed by atoms with Crippen molar-refractivity contribution in [2.75, 3.05) is 30.9 Å². The Labute approximate surface area is 232 Å². The van der Waals surface area contributed by atoms with Crippen molar-refractivity contribution in [3.05, 3.63) is 106 Å². The maximum atomic E-state index is 13.1. The molecule has 0 bridgehead atoms. The van der Waals surface area contributed by atoms with Crippen LogP contribution in [0.3, 0.4) is 0 Å². The lowest BCUT2D eigenvalue weighted by Crippen LogP contribution is -2.44. The molecule has 37 heavy (non-hydrogen) atoms. The van der Waals surface area contributed by atoms with Gasteiger partial charge >= 0.3 is 0 Å². The van der Waals surface area contributed by atoms with Gasteiger partial charge in [0.05, 0.1) is 5.52 Å². The van der Waals surface area contributed by atoms with E-state index < -0.39 is 10.0 Å². The molecule has 4 aromatic rings. The van der Waals surface area contributed by atoms with Crippen LogP contribution in [-0.4, -0.2) is 49.4 Å². The summed E-state index contributed by atoms with van der Waals surface area (Å²) in [6, 6.07) is 22.9. The number of sulfonamides is 1. The number of pyridine rings is 1. The molecule has 2 heterocycles. The van der Waals surface area contributed by atoms with Gasteiger partial charge in [-0.2, -0.15) is 0 Å². The molecule has 0 spiro atoms. The standard InChI is InChI=1S/C29H29IN4O2S/c1-21-19-23(8-13-27(21)30)20-33-15-17-34(18-16-33)22(2)24-9-11-26(12-10-24)32-37(35,36)28-7-3-5-25-6-4-14-31-29(25)28/h3-14,19,32H,2,15-18,20H2,1H3. The molecule has 0 unspecified atom stereocenters. The number of fused-ring (bicyclic) bond motifs is 1.